The Morgan fingerprint density at radius 3 is 2.71 bits per heavy atom. The van der Waals surface area contributed by atoms with Crippen molar-refractivity contribution in [2.24, 2.45) is 0 Å². The number of esters is 1. The van der Waals surface area contributed by atoms with Gasteiger partial charge in [0.05, 0.1) is 19.2 Å². The lowest BCUT2D eigenvalue weighted by atomic mass is 10.1. The molecule has 0 amide bonds. The molecule has 3 nitrogen and oxygen atoms in total. The van der Waals surface area contributed by atoms with E-state index in [9.17, 15) is 9.18 Å². The van der Waals surface area contributed by atoms with Crippen molar-refractivity contribution in [2.75, 3.05) is 7.11 Å². The summed E-state index contributed by atoms with van der Waals surface area (Å²) in [4.78, 5) is 14.1. The third-order valence-electron chi connectivity index (χ3n) is 1.82. The molecule has 0 radical (unpaired) electrons. The minimum Gasteiger partial charge on any atom is -0.465 e. The smallest absolute Gasteiger partial charge is 0.338 e. The van der Waals surface area contributed by atoms with Gasteiger partial charge in [0, 0.05) is 0 Å². The number of carbonyl (C=O) groups excluding carboxylic acids is 1. The second-order valence-electron chi connectivity index (χ2n) is 2.72. The summed E-state index contributed by atoms with van der Waals surface area (Å²) >= 11 is 0. The number of rotatable bonds is 1. The molecule has 0 fully saturated rings. The minimum absolute atomic E-state index is 0.0878. The normalized spacial score (nSPS) is 9.29. The number of halogens is 1. The van der Waals surface area contributed by atoms with Gasteiger partial charge in [-0.25, -0.2) is 14.0 Å². The molecule has 0 N–H and O–H groups in total. The summed E-state index contributed by atoms with van der Waals surface area (Å²) in [6.07, 6.45) is 0. The molecule has 0 aliphatic rings. The van der Waals surface area contributed by atoms with Crippen LogP contribution in [0, 0.1) is 19.3 Å². The minimum atomic E-state index is -0.703. The van der Waals surface area contributed by atoms with Crippen LogP contribution >= 0.6 is 0 Å². The number of nitrogens with zero attached hydrogens (tertiary/aromatic N) is 1. The number of aryl methyl sites for hydroxylation is 1. The number of benzene rings is 1. The summed E-state index contributed by atoms with van der Waals surface area (Å²) < 4.78 is 17.6. The molecule has 0 aromatic heterocycles. The van der Waals surface area contributed by atoms with Crippen LogP contribution in [0.1, 0.15) is 15.9 Å². The van der Waals surface area contributed by atoms with Crippen LogP contribution in [0.5, 0.6) is 0 Å². The van der Waals surface area contributed by atoms with E-state index in [0.717, 1.165) is 6.07 Å². The Morgan fingerprint density at radius 1 is 1.57 bits per heavy atom. The first kappa shape index (κ1) is 10.2. The predicted octanol–water partition coefficient (Wildman–Crippen LogP) is 2.47. The standard InChI is InChI=1S/C10H8FNO2/c1-6-4-9(12-2)8(11)5-7(6)10(13)14-3/h4-5H,1,3H3. The average Bonchev–Trinajstić information content (AvgIpc) is 2.19. The first-order valence-electron chi connectivity index (χ1n) is 3.86. The van der Waals surface area contributed by atoms with Gasteiger partial charge in [-0.1, -0.05) is 0 Å². The van der Waals surface area contributed by atoms with Crippen LogP contribution in [0.3, 0.4) is 0 Å². The summed E-state index contributed by atoms with van der Waals surface area (Å²) in [6.45, 7) is 8.30. The fraction of sp³-hybridized carbons (Fsp3) is 0.200. The maximum atomic E-state index is 13.1. The number of hydrogen-bond acceptors (Lipinski definition) is 2. The van der Waals surface area contributed by atoms with Gasteiger partial charge in [-0.15, -0.1) is 0 Å². The number of methoxy groups -OCH3 is 1. The Morgan fingerprint density at radius 2 is 2.21 bits per heavy atom. The van der Waals surface area contributed by atoms with Gasteiger partial charge >= 0.3 is 5.97 Å². The summed E-state index contributed by atoms with van der Waals surface area (Å²) in [6, 6.07) is 2.35. The highest BCUT2D eigenvalue weighted by Gasteiger charge is 2.13. The second kappa shape index (κ2) is 3.88. The zero-order chi connectivity index (χ0) is 10.7. The molecule has 72 valence electrons. The first-order chi connectivity index (χ1) is 6.60. The molecule has 0 atom stereocenters. The van der Waals surface area contributed by atoms with E-state index in [1.807, 2.05) is 0 Å². The molecular formula is C10H8FNO2. The zero-order valence-corrected chi connectivity index (χ0v) is 7.80. The van der Waals surface area contributed by atoms with E-state index in [1.165, 1.54) is 13.2 Å². The van der Waals surface area contributed by atoms with Crippen LogP contribution in [-0.4, -0.2) is 13.1 Å². The number of ether oxygens (including phenoxy) is 1. The van der Waals surface area contributed by atoms with Crippen LogP contribution in [0.4, 0.5) is 10.1 Å². The Kier molecular flexibility index (Phi) is 2.82. The van der Waals surface area contributed by atoms with Gasteiger partial charge in [0.2, 0.25) is 5.69 Å². The van der Waals surface area contributed by atoms with Gasteiger partial charge in [0.1, 0.15) is 5.82 Å². The van der Waals surface area contributed by atoms with Crippen LogP contribution < -0.4 is 0 Å². The lowest BCUT2D eigenvalue weighted by molar-refractivity contribution is 0.0599. The van der Waals surface area contributed by atoms with E-state index in [2.05, 4.69) is 9.58 Å². The molecule has 0 unspecified atom stereocenters. The predicted molar refractivity (Wildman–Crippen MR) is 48.7 cm³/mol. The molecule has 0 spiro atoms. The molecule has 0 bridgehead atoms. The van der Waals surface area contributed by atoms with E-state index in [4.69, 9.17) is 6.57 Å². The number of hydrogen-bond donors (Lipinski definition) is 0. The van der Waals surface area contributed by atoms with Crippen molar-refractivity contribution in [1.82, 2.24) is 0 Å². The van der Waals surface area contributed by atoms with E-state index < -0.39 is 11.8 Å². The lowest BCUT2D eigenvalue weighted by Crippen LogP contribution is -2.04. The molecule has 0 aliphatic heterocycles. The van der Waals surface area contributed by atoms with Gasteiger partial charge in [-0.3, -0.25) is 0 Å². The summed E-state index contributed by atoms with van der Waals surface area (Å²) in [7, 11) is 1.22. The van der Waals surface area contributed by atoms with Crippen molar-refractivity contribution in [2.45, 2.75) is 6.92 Å². The molecule has 1 aromatic carbocycles. The van der Waals surface area contributed by atoms with Gasteiger partial charge in [-0.05, 0) is 24.6 Å². The molecule has 4 heteroatoms. The van der Waals surface area contributed by atoms with Crippen molar-refractivity contribution in [3.05, 3.63) is 40.5 Å². The highest BCUT2D eigenvalue weighted by molar-refractivity contribution is 5.91. The van der Waals surface area contributed by atoms with Crippen molar-refractivity contribution >= 4 is 11.7 Å². The van der Waals surface area contributed by atoms with Crippen molar-refractivity contribution in [3.8, 4) is 0 Å². The van der Waals surface area contributed by atoms with Crippen molar-refractivity contribution < 1.29 is 13.9 Å². The largest absolute Gasteiger partial charge is 0.465 e. The van der Waals surface area contributed by atoms with Crippen LogP contribution in [0.2, 0.25) is 0 Å². The quantitative estimate of drug-likeness (QED) is 0.506. The van der Waals surface area contributed by atoms with Gasteiger partial charge in [0.25, 0.3) is 0 Å². The van der Waals surface area contributed by atoms with E-state index in [1.54, 1.807) is 6.92 Å². The fourth-order valence-electron chi connectivity index (χ4n) is 1.08. The molecule has 0 heterocycles. The lowest BCUT2D eigenvalue weighted by Gasteiger charge is -2.04. The molecule has 0 saturated heterocycles. The molecular weight excluding hydrogens is 185 g/mol. The van der Waals surface area contributed by atoms with E-state index >= 15 is 0 Å². The highest BCUT2D eigenvalue weighted by Crippen LogP contribution is 2.22. The van der Waals surface area contributed by atoms with E-state index in [0.29, 0.717) is 5.56 Å². The van der Waals surface area contributed by atoms with Crippen LogP contribution in [0.15, 0.2) is 12.1 Å². The van der Waals surface area contributed by atoms with Gasteiger partial charge in [0.15, 0.2) is 0 Å². The average molecular weight is 193 g/mol. The Bertz CT molecular complexity index is 421. The third-order valence-corrected chi connectivity index (χ3v) is 1.82. The monoisotopic (exact) mass is 193 g/mol. The zero-order valence-electron chi connectivity index (χ0n) is 7.80. The van der Waals surface area contributed by atoms with Crippen molar-refractivity contribution in [1.29, 1.82) is 0 Å². The summed E-state index contributed by atoms with van der Waals surface area (Å²) in [5.74, 6) is -1.30. The van der Waals surface area contributed by atoms with Crippen molar-refractivity contribution in [3.63, 3.8) is 0 Å². The SMILES string of the molecule is [C-]#[N+]c1cc(C)c(C(=O)OC)cc1F. The first-order valence-corrected chi connectivity index (χ1v) is 3.86. The summed E-state index contributed by atoms with van der Waals surface area (Å²) in [5.41, 5.74) is 0.594. The molecule has 0 aliphatic carbocycles. The van der Waals surface area contributed by atoms with Crippen LogP contribution in [-0.2, 0) is 4.74 Å². The molecule has 1 rings (SSSR count). The Hall–Kier alpha value is -1.89. The maximum Gasteiger partial charge on any atom is 0.338 e. The molecule has 1 aromatic rings. The topological polar surface area (TPSA) is 30.7 Å². The molecule has 14 heavy (non-hydrogen) atoms. The molecule has 0 saturated carbocycles. The van der Waals surface area contributed by atoms with Gasteiger partial charge < -0.3 is 4.74 Å². The third kappa shape index (κ3) is 1.72. The van der Waals surface area contributed by atoms with Gasteiger partial charge in [-0.2, -0.15) is 0 Å². The second-order valence-corrected chi connectivity index (χ2v) is 2.72. The van der Waals surface area contributed by atoms with E-state index in [-0.39, 0.29) is 11.3 Å². The number of carbonyl (C=O) groups is 1. The summed E-state index contributed by atoms with van der Waals surface area (Å²) in [5, 5.41) is 0. The highest BCUT2D eigenvalue weighted by atomic mass is 19.1. The Labute approximate surface area is 80.9 Å². The maximum absolute atomic E-state index is 13.1. The van der Waals surface area contributed by atoms with Crippen LogP contribution in [0.25, 0.3) is 4.85 Å². The fourth-order valence-corrected chi connectivity index (χ4v) is 1.08. The Balaban J connectivity index is 3.30.